The van der Waals surface area contributed by atoms with Crippen LogP contribution in [-0.4, -0.2) is 25.7 Å². The lowest BCUT2D eigenvalue weighted by Gasteiger charge is -2.12. The molecule has 0 aliphatic rings. The molecule has 1 atom stereocenters. The molecule has 0 saturated carbocycles. The lowest BCUT2D eigenvalue weighted by molar-refractivity contribution is -0.142. The zero-order chi connectivity index (χ0) is 8.85. The van der Waals surface area contributed by atoms with Gasteiger partial charge in [0, 0.05) is 0 Å². The van der Waals surface area contributed by atoms with E-state index < -0.39 is 0 Å². The molecule has 0 aromatic heterocycles. The van der Waals surface area contributed by atoms with Crippen molar-refractivity contribution in [3.8, 4) is 0 Å². The van der Waals surface area contributed by atoms with Crippen molar-refractivity contribution in [1.82, 2.24) is 5.32 Å². The van der Waals surface area contributed by atoms with Crippen molar-refractivity contribution in [1.29, 1.82) is 0 Å². The van der Waals surface area contributed by atoms with E-state index in [-0.39, 0.29) is 12.0 Å². The van der Waals surface area contributed by atoms with Crippen molar-refractivity contribution in [3.05, 3.63) is 0 Å². The standard InChI is InChI=1S/C8H17NO2/c1-6(2)5-9-7(3)8(10)11-4/h6-7,9H,5H2,1-4H3/t7-/m1/s1. The number of carbonyl (C=O) groups excluding carboxylic acids is 1. The number of carbonyl (C=O) groups is 1. The Balaban J connectivity index is 3.52. The highest BCUT2D eigenvalue weighted by Crippen LogP contribution is 1.91. The maximum atomic E-state index is 10.8. The summed E-state index contributed by atoms with van der Waals surface area (Å²) in [5, 5.41) is 3.06. The molecule has 0 saturated heterocycles. The summed E-state index contributed by atoms with van der Waals surface area (Å²) < 4.78 is 4.54. The van der Waals surface area contributed by atoms with Crippen LogP contribution in [-0.2, 0) is 9.53 Å². The molecule has 1 N–H and O–H groups in total. The average molecular weight is 159 g/mol. The SMILES string of the molecule is COC(=O)[C@@H](C)NCC(C)C. The van der Waals surface area contributed by atoms with Gasteiger partial charge >= 0.3 is 5.97 Å². The smallest absolute Gasteiger partial charge is 0.322 e. The second-order valence-corrected chi connectivity index (χ2v) is 3.05. The number of hydrogen-bond donors (Lipinski definition) is 1. The van der Waals surface area contributed by atoms with Crippen molar-refractivity contribution in [2.45, 2.75) is 26.8 Å². The molecule has 0 bridgehead atoms. The second-order valence-electron chi connectivity index (χ2n) is 3.05. The first kappa shape index (κ1) is 10.4. The monoisotopic (exact) mass is 159 g/mol. The van der Waals surface area contributed by atoms with Crippen LogP contribution in [0.15, 0.2) is 0 Å². The number of nitrogens with one attached hydrogen (secondary N) is 1. The van der Waals surface area contributed by atoms with Crippen molar-refractivity contribution >= 4 is 5.97 Å². The van der Waals surface area contributed by atoms with Crippen LogP contribution >= 0.6 is 0 Å². The Bertz CT molecular complexity index is 123. The molecule has 0 aliphatic heterocycles. The summed E-state index contributed by atoms with van der Waals surface area (Å²) in [4.78, 5) is 10.8. The Kier molecular flexibility index (Phi) is 4.86. The summed E-state index contributed by atoms with van der Waals surface area (Å²) in [6.07, 6.45) is 0. The van der Waals surface area contributed by atoms with E-state index in [0.29, 0.717) is 5.92 Å². The van der Waals surface area contributed by atoms with Crippen LogP contribution < -0.4 is 5.32 Å². The third-order valence-electron chi connectivity index (χ3n) is 1.39. The highest BCUT2D eigenvalue weighted by Gasteiger charge is 2.11. The first-order valence-corrected chi connectivity index (χ1v) is 3.89. The first-order chi connectivity index (χ1) is 5.07. The van der Waals surface area contributed by atoms with E-state index in [0.717, 1.165) is 6.54 Å². The fourth-order valence-electron chi connectivity index (χ4n) is 0.673. The number of ether oxygens (including phenoxy) is 1. The van der Waals surface area contributed by atoms with E-state index in [2.05, 4.69) is 23.9 Å². The van der Waals surface area contributed by atoms with Crippen LogP contribution in [0.5, 0.6) is 0 Å². The molecule has 3 heteroatoms. The van der Waals surface area contributed by atoms with E-state index in [4.69, 9.17) is 0 Å². The van der Waals surface area contributed by atoms with E-state index in [1.165, 1.54) is 7.11 Å². The number of esters is 1. The molecule has 0 aliphatic carbocycles. The lowest BCUT2D eigenvalue weighted by Crippen LogP contribution is -2.36. The quantitative estimate of drug-likeness (QED) is 0.616. The molecule has 0 rings (SSSR count). The number of rotatable bonds is 4. The first-order valence-electron chi connectivity index (χ1n) is 3.89. The van der Waals surface area contributed by atoms with Gasteiger partial charge in [0.1, 0.15) is 6.04 Å². The molecule has 0 radical (unpaired) electrons. The molecular formula is C8H17NO2. The molecule has 0 spiro atoms. The Morgan fingerprint density at radius 3 is 2.36 bits per heavy atom. The maximum Gasteiger partial charge on any atom is 0.322 e. The summed E-state index contributed by atoms with van der Waals surface area (Å²) in [6, 6.07) is -0.192. The minimum Gasteiger partial charge on any atom is -0.468 e. The van der Waals surface area contributed by atoms with Crippen LogP contribution in [0.2, 0.25) is 0 Å². The molecule has 0 aromatic carbocycles. The Labute approximate surface area is 68.1 Å². The second kappa shape index (κ2) is 5.13. The summed E-state index contributed by atoms with van der Waals surface area (Å²) in [5.74, 6) is 0.354. The minimum atomic E-state index is -0.203. The number of methoxy groups -OCH3 is 1. The van der Waals surface area contributed by atoms with Crippen molar-refractivity contribution in [2.24, 2.45) is 5.92 Å². The molecule has 0 fully saturated rings. The Morgan fingerprint density at radius 1 is 1.45 bits per heavy atom. The summed E-state index contributed by atoms with van der Waals surface area (Å²) in [5.41, 5.74) is 0. The molecule has 0 aromatic rings. The molecule has 0 amide bonds. The van der Waals surface area contributed by atoms with Gasteiger partial charge in [0.05, 0.1) is 7.11 Å². The van der Waals surface area contributed by atoms with Crippen molar-refractivity contribution < 1.29 is 9.53 Å². The van der Waals surface area contributed by atoms with Gasteiger partial charge in [-0.3, -0.25) is 4.79 Å². The van der Waals surface area contributed by atoms with Crippen molar-refractivity contribution in [2.75, 3.05) is 13.7 Å². The van der Waals surface area contributed by atoms with Crippen LogP contribution in [0, 0.1) is 5.92 Å². The average Bonchev–Trinajstić information content (AvgIpc) is 1.98. The van der Waals surface area contributed by atoms with Gasteiger partial charge in [-0.05, 0) is 19.4 Å². The van der Waals surface area contributed by atoms with E-state index in [9.17, 15) is 4.79 Å². The van der Waals surface area contributed by atoms with Crippen LogP contribution in [0.4, 0.5) is 0 Å². The van der Waals surface area contributed by atoms with Gasteiger partial charge in [-0.15, -0.1) is 0 Å². The van der Waals surface area contributed by atoms with Gasteiger partial charge in [0.2, 0.25) is 0 Å². The highest BCUT2D eigenvalue weighted by atomic mass is 16.5. The lowest BCUT2D eigenvalue weighted by atomic mass is 10.2. The maximum absolute atomic E-state index is 10.8. The zero-order valence-corrected chi connectivity index (χ0v) is 7.68. The largest absolute Gasteiger partial charge is 0.468 e. The molecule has 0 unspecified atom stereocenters. The highest BCUT2D eigenvalue weighted by molar-refractivity contribution is 5.74. The zero-order valence-electron chi connectivity index (χ0n) is 7.68. The van der Waals surface area contributed by atoms with Crippen LogP contribution in [0.3, 0.4) is 0 Å². The van der Waals surface area contributed by atoms with E-state index in [1.54, 1.807) is 6.92 Å². The fraction of sp³-hybridized carbons (Fsp3) is 0.875. The summed E-state index contributed by atoms with van der Waals surface area (Å²) in [7, 11) is 1.40. The molecule has 66 valence electrons. The topological polar surface area (TPSA) is 38.3 Å². The predicted molar refractivity (Wildman–Crippen MR) is 44.3 cm³/mol. The summed E-state index contributed by atoms with van der Waals surface area (Å²) in [6.45, 7) is 6.83. The predicted octanol–water partition coefficient (Wildman–Crippen LogP) is 0.793. The molecule has 0 heterocycles. The van der Waals surface area contributed by atoms with Gasteiger partial charge in [0.15, 0.2) is 0 Å². The van der Waals surface area contributed by atoms with Crippen LogP contribution in [0.25, 0.3) is 0 Å². The number of hydrogen-bond acceptors (Lipinski definition) is 3. The van der Waals surface area contributed by atoms with Gasteiger partial charge in [0.25, 0.3) is 0 Å². The third-order valence-corrected chi connectivity index (χ3v) is 1.39. The molecule has 11 heavy (non-hydrogen) atoms. The van der Waals surface area contributed by atoms with E-state index in [1.807, 2.05) is 0 Å². The fourth-order valence-corrected chi connectivity index (χ4v) is 0.673. The third kappa shape index (κ3) is 4.79. The van der Waals surface area contributed by atoms with Crippen molar-refractivity contribution in [3.63, 3.8) is 0 Å². The Morgan fingerprint density at radius 2 is 2.00 bits per heavy atom. The van der Waals surface area contributed by atoms with Crippen LogP contribution in [0.1, 0.15) is 20.8 Å². The minimum absolute atomic E-state index is 0.192. The Hall–Kier alpha value is -0.570. The summed E-state index contributed by atoms with van der Waals surface area (Å²) >= 11 is 0. The van der Waals surface area contributed by atoms with Gasteiger partial charge in [-0.25, -0.2) is 0 Å². The van der Waals surface area contributed by atoms with Gasteiger partial charge in [-0.1, -0.05) is 13.8 Å². The molecule has 3 nitrogen and oxygen atoms in total. The normalized spacial score (nSPS) is 13.2. The molecular weight excluding hydrogens is 142 g/mol. The van der Waals surface area contributed by atoms with Gasteiger partial charge in [-0.2, -0.15) is 0 Å². The van der Waals surface area contributed by atoms with Gasteiger partial charge < -0.3 is 10.1 Å². The van der Waals surface area contributed by atoms with E-state index >= 15 is 0 Å².